The molecule has 0 heterocycles. The zero-order chi connectivity index (χ0) is 19.2. The van der Waals surface area contributed by atoms with Crippen LogP contribution in [0.1, 0.15) is 26.3 Å². The Kier molecular flexibility index (Phi) is 5.50. The maximum Gasteiger partial charge on any atom is 0.255 e. The number of hydrogen-bond acceptors (Lipinski definition) is 3. The van der Waals surface area contributed by atoms with Gasteiger partial charge in [-0.15, -0.1) is 0 Å². The van der Waals surface area contributed by atoms with E-state index in [1.807, 2.05) is 6.07 Å². The molecule has 0 aromatic heterocycles. The van der Waals surface area contributed by atoms with Crippen LogP contribution in [0.5, 0.6) is 0 Å². The van der Waals surface area contributed by atoms with Gasteiger partial charge in [-0.25, -0.2) is 0 Å². The highest BCUT2D eigenvalue weighted by atomic mass is 35.5. The maximum absolute atomic E-state index is 12.4. The highest BCUT2D eigenvalue weighted by molar-refractivity contribution is 6.30. The summed E-state index contributed by atoms with van der Waals surface area (Å²) in [4.78, 5) is 24.8. The Hall–Kier alpha value is -3.62. The Morgan fingerprint density at radius 3 is 1.74 bits per heavy atom. The van der Waals surface area contributed by atoms with Crippen LogP contribution in [0.2, 0.25) is 5.02 Å². The number of halogens is 1. The summed E-state index contributed by atoms with van der Waals surface area (Å²) in [6, 6.07) is 21.7. The fourth-order valence-corrected chi connectivity index (χ4v) is 2.50. The predicted octanol–water partition coefficient (Wildman–Crippen LogP) is 4.72. The lowest BCUT2D eigenvalue weighted by molar-refractivity contribution is 0.102. The zero-order valence-corrected chi connectivity index (χ0v) is 14.8. The highest BCUT2D eigenvalue weighted by Gasteiger charge is 2.11. The zero-order valence-electron chi connectivity index (χ0n) is 14.1. The third kappa shape index (κ3) is 4.72. The number of nitrogens with zero attached hydrogens (tertiary/aromatic N) is 1. The molecule has 3 aromatic carbocycles. The fraction of sp³-hybridized carbons (Fsp3) is 0. The van der Waals surface area contributed by atoms with E-state index < -0.39 is 0 Å². The molecular formula is C21H14ClN3O2. The Balaban J connectivity index is 1.71. The summed E-state index contributed by atoms with van der Waals surface area (Å²) in [7, 11) is 0. The quantitative estimate of drug-likeness (QED) is 0.692. The molecule has 0 saturated carbocycles. The monoisotopic (exact) mass is 375 g/mol. The minimum absolute atomic E-state index is 0.328. The molecule has 0 radical (unpaired) electrons. The van der Waals surface area contributed by atoms with Crippen LogP contribution in [0.25, 0.3) is 0 Å². The average Bonchev–Trinajstić information content (AvgIpc) is 2.70. The van der Waals surface area contributed by atoms with Gasteiger partial charge >= 0.3 is 0 Å². The molecule has 132 valence electrons. The summed E-state index contributed by atoms with van der Waals surface area (Å²) in [6.45, 7) is 0. The van der Waals surface area contributed by atoms with Crippen molar-refractivity contribution in [3.63, 3.8) is 0 Å². The molecule has 0 aliphatic carbocycles. The Morgan fingerprint density at radius 2 is 1.26 bits per heavy atom. The minimum Gasteiger partial charge on any atom is -0.322 e. The lowest BCUT2D eigenvalue weighted by atomic mass is 10.1. The lowest BCUT2D eigenvalue weighted by Crippen LogP contribution is -2.15. The molecular weight excluding hydrogens is 362 g/mol. The number of nitriles is 1. The largest absolute Gasteiger partial charge is 0.322 e. The molecule has 0 spiro atoms. The fourth-order valence-electron chi connectivity index (χ4n) is 2.37. The SMILES string of the molecule is N#Cc1ccc(NC(=O)c2cccc(C(=O)Nc3ccc(Cl)cc3)c2)cc1. The molecule has 0 fully saturated rings. The summed E-state index contributed by atoms with van der Waals surface area (Å²) < 4.78 is 0. The molecule has 6 heteroatoms. The van der Waals surface area contributed by atoms with Crippen molar-refractivity contribution >= 4 is 34.8 Å². The van der Waals surface area contributed by atoms with Crippen LogP contribution >= 0.6 is 11.6 Å². The van der Waals surface area contributed by atoms with Gasteiger partial charge < -0.3 is 10.6 Å². The van der Waals surface area contributed by atoms with E-state index in [0.717, 1.165) is 0 Å². The lowest BCUT2D eigenvalue weighted by Gasteiger charge is -2.08. The van der Waals surface area contributed by atoms with E-state index in [4.69, 9.17) is 16.9 Å². The first-order chi connectivity index (χ1) is 13.0. The minimum atomic E-state index is -0.346. The number of benzene rings is 3. The number of rotatable bonds is 4. The molecule has 3 aromatic rings. The third-order valence-electron chi connectivity index (χ3n) is 3.76. The topological polar surface area (TPSA) is 82.0 Å². The van der Waals surface area contributed by atoms with E-state index in [0.29, 0.717) is 33.1 Å². The van der Waals surface area contributed by atoms with E-state index in [1.54, 1.807) is 66.7 Å². The first kappa shape index (κ1) is 18.2. The van der Waals surface area contributed by atoms with Crippen LogP contribution in [0, 0.1) is 11.3 Å². The Morgan fingerprint density at radius 1 is 0.778 bits per heavy atom. The number of nitrogens with one attached hydrogen (secondary N) is 2. The van der Waals surface area contributed by atoms with Crippen LogP contribution in [0.4, 0.5) is 11.4 Å². The first-order valence-electron chi connectivity index (χ1n) is 8.03. The van der Waals surface area contributed by atoms with Crippen molar-refractivity contribution in [1.29, 1.82) is 5.26 Å². The molecule has 27 heavy (non-hydrogen) atoms. The van der Waals surface area contributed by atoms with Crippen LogP contribution < -0.4 is 10.6 Å². The average molecular weight is 376 g/mol. The third-order valence-corrected chi connectivity index (χ3v) is 4.01. The second kappa shape index (κ2) is 8.17. The van der Waals surface area contributed by atoms with Crippen molar-refractivity contribution in [1.82, 2.24) is 0 Å². The van der Waals surface area contributed by atoms with Crippen molar-refractivity contribution in [2.24, 2.45) is 0 Å². The summed E-state index contributed by atoms with van der Waals surface area (Å²) in [5.41, 5.74) is 2.39. The molecule has 0 aliphatic rings. The standard InChI is InChI=1S/C21H14ClN3O2/c22-17-6-10-19(11-7-17)25-21(27)16-3-1-2-15(12-16)20(26)24-18-8-4-14(13-23)5-9-18/h1-12H,(H,24,26)(H,25,27). The molecule has 0 atom stereocenters. The number of amides is 2. The maximum atomic E-state index is 12.4. The van der Waals surface area contributed by atoms with Gasteiger partial charge in [-0.05, 0) is 66.7 Å². The summed E-state index contributed by atoms with van der Waals surface area (Å²) >= 11 is 5.83. The van der Waals surface area contributed by atoms with Gasteiger partial charge in [0.2, 0.25) is 0 Å². The van der Waals surface area contributed by atoms with E-state index in [-0.39, 0.29) is 11.8 Å². The number of carbonyl (C=O) groups excluding carboxylic acids is 2. The van der Waals surface area contributed by atoms with Gasteiger partial charge in [-0.2, -0.15) is 5.26 Å². The van der Waals surface area contributed by atoms with Gasteiger partial charge in [-0.1, -0.05) is 17.7 Å². The second-order valence-electron chi connectivity index (χ2n) is 5.69. The number of carbonyl (C=O) groups is 2. The molecule has 0 aliphatic heterocycles. The second-order valence-corrected chi connectivity index (χ2v) is 6.12. The number of hydrogen-bond donors (Lipinski definition) is 2. The number of anilines is 2. The van der Waals surface area contributed by atoms with Gasteiger partial charge in [0.25, 0.3) is 11.8 Å². The summed E-state index contributed by atoms with van der Waals surface area (Å²) in [5, 5.41) is 14.9. The van der Waals surface area contributed by atoms with Crippen molar-refractivity contribution in [3.05, 3.63) is 94.5 Å². The molecule has 5 nitrogen and oxygen atoms in total. The van der Waals surface area contributed by atoms with Crippen LogP contribution in [0.3, 0.4) is 0 Å². The molecule has 0 bridgehead atoms. The van der Waals surface area contributed by atoms with Gasteiger partial charge in [-0.3, -0.25) is 9.59 Å². The Bertz CT molecular complexity index is 1020. The molecule has 0 saturated heterocycles. The van der Waals surface area contributed by atoms with Gasteiger partial charge in [0.15, 0.2) is 0 Å². The van der Waals surface area contributed by atoms with E-state index in [9.17, 15) is 9.59 Å². The molecule has 2 amide bonds. The normalized spacial score (nSPS) is 9.93. The van der Waals surface area contributed by atoms with Crippen molar-refractivity contribution in [2.75, 3.05) is 10.6 Å². The first-order valence-corrected chi connectivity index (χ1v) is 8.41. The van der Waals surface area contributed by atoms with Crippen molar-refractivity contribution in [2.45, 2.75) is 0 Å². The Labute approximate surface area is 161 Å². The summed E-state index contributed by atoms with van der Waals surface area (Å²) in [6.07, 6.45) is 0. The van der Waals surface area contributed by atoms with Gasteiger partial charge in [0.1, 0.15) is 0 Å². The van der Waals surface area contributed by atoms with Crippen LogP contribution in [-0.4, -0.2) is 11.8 Å². The van der Waals surface area contributed by atoms with Crippen molar-refractivity contribution < 1.29 is 9.59 Å². The van der Waals surface area contributed by atoms with E-state index in [1.165, 1.54) is 6.07 Å². The van der Waals surface area contributed by atoms with E-state index in [2.05, 4.69) is 10.6 Å². The molecule has 3 rings (SSSR count). The molecule has 0 unspecified atom stereocenters. The van der Waals surface area contributed by atoms with Gasteiger partial charge in [0, 0.05) is 27.5 Å². The van der Waals surface area contributed by atoms with Crippen LogP contribution in [0.15, 0.2) is 72.8 Å². The van der Waals surface area contributed by atoms with Crippen LogP contribution in [-0.2, 0) is 0 Å². The smallest absolute Gasteiger partial charge is 0.255 e. The highest BCUT2D eigenvalue weighted by Crippen LogP contribution is 2.16. The predicted molar refractivity (Wildman–Crippen MR) is 105 cm³/mol. The van der Waals surface area contributed by atoms with E-state index >= 15 is 0 Å². The molecule has 2 N–H and O–H groups in total. The van der Waals surface area contributed by atoms with Gasteiger partial charge in [0.05, 0.1) is 11.6 Å². The summed E-state index contributed by atoms with van der Waals surface area (Å²) in [5.74, 6) is -0.675. The van der Waals surface area contributed by atoms with Crippen molar-refractivity contribution in [3.8, 4) is 6.07 Å².